The number of hydrogen-bond donors (Lipinski definition) is 0. The number of halogens is 1. The summed E-state index contributed by atoms with van der Waals surface area (Å²) < 4.78 is 14.8. The fourth-order valence-electron chi connectivity index (χ4n) is 3.85. The fourth-order valence-corrected chi connectivity index (χ4v) is 3.85. The molecule has 0 saturated carbocycles. The van der Waals surface area contributed by atoms with Gasteiger partial charge in [0.15, 0.2) is 0 Å². The fraction of sp³-hybridized carbons (Fsp3) is 0.450. The standard InChI is InChI=1S/C20H25FN4O/c21-17-4-6-18(7-5-17)23-11-13-24(14-12-23)19-15-22(16-19)9-10-25-8-2-1-3-20(25)26/h1-8,19H,9-16H2. The molecule has 0 atom stereocenters. The van der Waals surface area contributed by atoms with Crippen LogP contribution in [-0.4, -0.2) is 66.2 Å². The average molecular weight is 356 g/mol. The molecule has 5 nitrogen and oxygen atoms in total. The van der Waals surface area contributed by atoms with Crippen LogP contribution in [-0.2, 0) is 6.54 Å². The summed E-state index contributed by atoms with van der Waals surface area (Å²) in [5.41, 5.74) is 1.18. The largest absolute Gasteiger partial charge is 0.369 e. The molecule has 4 rings (SSSR count). The predicted octanol–water partition coefficient (Wildman–Crippen LogP) is 1.49. The summed E-state index contributed by atoms with van der Waals surface area (Å²) in [5.74, 6) is -0.181. The van der Waals surface area contributed by atoms with Crippen molar-refractivity contribution >= 4 is 5.69 Å². The van der Waals surface area contributed by atoms with Crippen LogP contribution in [0.2, 0.25) is 0 Å². The number of hydrogen-bond acceptors (Lipinski definition) is 4. The lowest BCUT2D eigenvalue weighted by molar-refractivity contribution is 0.0287. The maximum atomic E-state index is 13.1. The summed E-state index contributed by atoms with van der Waals surface area (Å²) in [7, 11) is 0. The first kappa shape index (κ1) is 17.2. The number of rotatable bonds is 5. The van der Waals surface area contributed by atoms with Gasteiger partial charge in [-0.25, -0.2) is 4.39 Å². The Kier molecular flexibility index (Phi) is 5.04. The van der Waals surface area contributed by atoms with Gasteiger partial charge in [-0.15, -0.1) is 0 Å². The van der Waals surface area contributed by atoms with Crippen molar-refractivity contribution in [2.45, 2.75) is 12.6 Å². The lowest BCUT2D eigenvalue weighted by Crippen LogP contribution is -2.63. The molecule has 0 spiro atoms. The van der Waals surface area contributed by atoms with Crippen LogP contribution < -0.4 is 10.5 Å². The highest BCUT2D eigenvalue weighted by Crippen LogP contribution is 2.20. The summed E-state index contributed by atoms with van der Waals surface area (Å²) >= 11 is 0. The van der Waals surface area contributed by atoms with Crippen LogP contribution in [0.15, 0.2) is 53.5 Å². The Morgan fingerprint density at radius 1 is 0.923 bits per heavy atom. The maximum Gasteiger partial charge on any atom is 0.250 e. The summed E-state index contributed by atoms with van der Waals surface area (Å²) in [6.45, 7) is 7.92. The molecule has 0 amide bonds. The lowest BCUT2D eigenvalue weighted by Gasteiger charge is -2.48. The molecule has 1 aromatic heterocycles. The summed E-state index contributed by atoms with van der Waals surface area (Å²) in [5, 5.41) is 0. The van der Waals surface area contributed by atoms with Gasteiger partial charge in [-0.2, -0.15) is 0 Å². The quantitative estimate of drug-likeness (QED) is 0.813. The minimum Gasteiger partial charge on any atom is -0.369 e. The topological polar surface area (TPSA) is 31.7 Å². The second-order valence-corrected chi connectivity index (χ2v) is 7.15. The van der Waals surface area contributed by atoms with Crippen molar-refractivity contribution in [2.75, 3.05) is 50.7 Å². The second kappa shape index (κ2) is 7.60. The highest BCUT2D eigenvalue weighted by Gasteiger charge is 2.33. The van der Waals surface area contributed by atoms with E-state index in [1.54, 1.807) is 16.7 Å². The number of piperazine rings is 1. The molecule has 138 valence electrons. The minimum atomic E-state index is -0.181. The molecule has 6 heteroatoms. The first-order valence-corrected chi connectivity index (χ1v) is 9.31. The molecule has 0 bridgehead atoms. The van der Waals surface area contributed by atoms with E-state index in [-0.39, 0.29) is 11.4 Å². The highest BCUT2D eigenvalue weighted by atomic mass is 19.1. The second-order valence-electron chi connectivity index (χ2n) is 7.15. The van der Waals surface area contributed by atoms with Crippen LogP contribution in [0.1, 0.15) is 0 Å². The van der Waals surface area contributed by atoms with E-state index in [2.05, 4.69) is 14.7 Å². The van der Waals surface area contributed by atoms with E-state index < -0.39 is 0 Å². The number of anilines is 1. The number of aromatic nitrogens is 1. The van der Waals surface area contributed by atoms with E-state index in [1.807, 2.05) is 24.4 Å². The van der Waals surface area contributed by atoms with Crippen LogP contribution >= 0.6 is 0 Å². The van der Waals surface area contributed by atoms with Crippen molar-refractivity contribution in [2.24, 2.45) is 0 Å². The smallest absolute Gasteiger partial charge is 0.250 e. The van der Waals surface area contributed by atoms with Crippen LogP contribution in [0.25, 0.3) is 0 Å². The molecule has 1 aromatic carbocycles. The van der Waals surface area contributed by atoms with E-state index in [9.17, 15) is 9.18 Å². The monoisotopic (exact) mass is 356 g/mol. The average Bonchev–Trinajstić information content (AvgIpc) is 2.63. The molecule has 0 aliphatic carbocycles. The number of likely N-dealkylation sites (tertiary alicyclic amines) is 1. The number of nitrogens with zero attached hydrogens (tertiary/aromatic N) is 4. The molecule has 2 aliphatic rings. The van der Waals surface area contributed by atoms with Crippen molar-refractivity contribution in [3.05, 3.63) is 64.8 Å². The zero-order valence-corrected chi connectivity index (χ0v) is 14.9. The molecule has 2 aromatic rings. The maximum absolute atomic E-state index is 13.1. The zero-order chi connectivity index (χ0) is 17.9. The molecule has 3 heterocycles. The summed E-state index contributed by atoms with van der Waals surface area (Å²) in [4.78, 5) is 19.0. The van der Waals surface area contributed by atoms with Crippen molar-refractivity contribution in [1.82, 2.24) is 14.4 Å². The van der Waals surface area contributed by atoms with Crippen molar-refractivity contribution < 1.29 is 4.39 Å². The van der Waals surface area contributed by atoms with E-state index in [0.29, 0.717) is 6.04 Å². The van der Waals surface area contributed by atoms with E-state index >= 15 is 0 Å². The molecule has 26 heavy (non-hydrogen) atoms. The van der Waals surface area contributed by atoms with E-state index in [1.165, 1.54) is 12.1 Å². The predicted molar refractivity (Wildman–Crippen MR) is 101 cm³/mol. The normalized spacial score (nSPS) is 19.5. The Hall–Kier alpha value is -2.18. The van der Waals surface area contributed by atoms with Gasteiger partial charge in [0.2, 0.25) is 0 Å². The molecule has 2 aliphatic heterocycles. The van der Waals surface area contributed by atoms with E-state index in [0.717, 1.165) is 58.0 Å². The van der Waals surface area contributed by atoms with Crippen LogP contribution in [0, 0.1) is 5.82 Å². The highest BCUT2D eigenvalue weighted by molar-refractivity contribution is 5.46. The first-order chi connectivity index (χ1) is 12.7. The van der Waals surface area contributed by atoms with Gasteiger partial charge >= 0.3 is 0 Å². The van der Waals surface area contributed by atoms with Gasteiger partial charge in [0.05, 0.1) is 0 Å². The van der Waals surface area contributed by atoms with Crippen molar-refractivity contribution in [1.29, 1.82) is 0 Å². The Labute approximate surface area is 153 Å². The Morgan fingerprint density at radius 2 is 1.65 bits per heavy atom. The van der Waals surface area contributed by atoms with Gasteiger partial charge < -0.3 is 9.47 Å². The third-order valence-corrected chi connectivity index (χ3v) is 5.52. The molecule has 0 N–H and O–H groups in total. The number of benzene rings is 1. The summed E-state index contributed by atoms with van der Waals surface area (Å²) in [6, 6.07) is 12.7. The molecular weight excluding hydrogens is 331 g/mol. The van der Waals surface area contributed by atoms with E-state index in [4.69, 9.17) is 0 Å². The van der Waals surface area contributed by atoms with Crippen LogP contribution in [0.5, 0.6) is 0 Å². The van der Waals surface area contributed by atoms with Gasteiger partial charge in [0.1, 0.15) is 5.82 Å². The van der Waals surface area contributed by atoms with Crippen LogP contribution in [0.3, 0.4) is 0 Å². The molecule has 0 unspecified atom stereocenters. The Bertz CT molecular complexity index is 777. The molecular formula is C20H25FN4O. The number of pyridine rings is 1. The Morgan fingerprint density at radius 3 is 2.35 bits per heavy atom. The lowest BCUT2D eigenvalue weighted by atomic mass is 10.1. The van der Waals surface area contributed by atoms with Gasteiger partial charge in [0, 0.05) is 76.4 Å². The minimum absolute atomic E-state index is 0.0708. The Balaban J connectivity index is 1.20. The SMILES string of the molecule is O=c1ccccn1CCN1CC(N2CCN(c3ccc(F)cc3)CC2)C1. The van der Waals surface area contributed by atoms with Gasteiger partial charge in [-0.05, 0) is 30.3 Å². The van der Waals surface area contributed by atoms with Crippen molar-refractivity contribution in [3.63, 3.8) is 0 Å². The molecule has 2 saturated heterocycles. The molecule has 2 fully saturated rings. The first-order valence-electron chi connectivity index (χ1n) is 9.31. The zero-order valence-electron chi connectivity index (χ0n) is 14.9. The third kappa shape index (κ3) is 3.81. The third-order valence-electron chi connectivity index (χ3n) is 5.52. The van der Waals surface area contributed by atoms with Crippen molar-refractivity contribution in [3.8, 4) is 0 Å². The van der Waals surface area contributed by atoms with Gasteiger partial charge in [0.25, 0.3) is 5.56 Å². The summed E-state index contributed by atoms with van der Waals surface area (Å²) in [6.07, 6.45) is 1.86. The van der Waals surface area contributed by atoms with Gasteiger partial charge in [-0.1, -0.05) is 6.07 Å². The molecule has 0 radical (unpaired) electrons. The van der Waals surface area contributed by atoms with Gasteiger partial charge in [-0.3, -0.25) is 14.6 Å². The van der Waals surface area contributed by atoms with Crippen LogP contribution in [0.4, 0.5) is 10.1 Å².